The number of carbonyl (C=O) groups is 1. The average molecular weight is 355 g/mol. The topological polar surface area (TPSA) is 74.7 Å². The first-order chi connectivity index (χ1) is 12.7. The lowest BCUT2D eigenvalue weighted by atomic mass is 10.1. The number of aliphatic hydroxyl groups is 1. The summed E-state index contributed by atoms with van der Waals surface area (Å²) >= 11 is 0. The third-order valence-electron chi connectivity index (χ3n) is 4.48. The fourth-order valence-corrected chi connectivity index (χ4v) is 2.95. The molecular formula is C20H25N3O3. The van der Waals surface area contributed by atoms with Crippen LogP contribution in [0.1, 0.15) is 11.3 Å². The maximum absolute atomic E-state index is 12.4. The lowest BCUT2D eigenvalue weighted by Crippen LogP contribution is -2.39. The van der Waals surface area contributed by atoms with Crippen LogP contribution in [0.3, 0.4) is 0 Å². The number of urea groups is 1. The van der Waals surface area contributed by atoms with Crippen molar-refractivity contribution >= 4 is 11.7 Å². The second-order valence-corrected chi connectivity index (χ2v) is 6.52. The first-order valence-corrected chi connectivity index (χ1v) is 8.98. The molecule has 2 N–H and O–H groups in total. The molecule has 1 fully saturated rings. The number of rotatable bonds is 5. The van der Waals surface area contributed by atoms with Gasteiger partial charge in [-0.1, -0.05) is 18.2 Å². The molecule has 1 saturated heterocycles. The van der Waals surface area contributed by atoms with Crippen LogP contribution in [-0.4, -0.2) is 53.9 Å². The smallest absolute Gasteiger partial charge is 0.321 e. The highest BCUT2D eigenvalue weighted by Gasteiger charge is 2.22. The van der Waals surface area contributed by atoms with Crippen molar-refractivity contribution in [1.82, 2.24) is 9.88 Å². The van der Waals surface area contributed by atoms with Gasteiger partial charge in [-0.2, -0.15) is 0 Å². The Kier molecular flexibility index (Phi) is 6.57. The molecule has 0 spiro atoms. The second-order valence-electron chi connectivity index (χ2n) is 6.52. The first-order valence-electron chi connectivity index (χ1n) is 8.98. The van der Waals surface area contributed by atoms with E-state index in [1.54, 1.807) is 4.90 Å². The molecule has 138 valence electrons. The number of amides is 2. The summed E-state index contributed by atoms with van der Waals surface area (Å²) in [6.07, 6.45) is 3.61. The molecule has 0 radical (unpaired) electrons. The van der Waals surface area contributed by atoms with Gasteiger partial charge in [-0.3, -0.25) is 4.98 Å². The summed E-state index contributed by atoms with van der Waals surface area (Å²) < 4.78 is 5.42. The van der Waals surface area contributed by atoms with E-state index >= 15 is 0 Å². The van der Waals surface area contributed by atoms with Crippen LogP contribution in [0.15, 0.2) is 48.7 Å². The summed E-state index contributed by atoms with van der Waals surface area (Å²) in [6, 6.07) is 13.7. The molecule has 3 rings (SSSR count). The van der Waals surface area contributed by atoms with Crippen molar-refractivity contribution in [3.8, 4) is 0 Å². The van der Waals surface area contributed by atoms with E-state index in [1.165, 1.54) is 5.56 Å². The lowest BCUT2D eigenvalue weighted by Gasteiger charge is -2.23. The normalized spacial score (nSPS) is 17.6. The van der Waals surface area contributed by atoms with Gasteiger partial charge in [-0.05, 0) is 42.7 Å². The van der Waals surface area contributed by atoms with Crippen LogP contribution < -0.4 is 5.32 Å². The highest BCUT2D eigenvalue weighted by molar-refractivity contribution is 5.89. The van der Waals surface area contributed by atoms with Crippen LogP contribution in [-0.2, 0) is 17.6 Å². The molecule has 2 heterocycles. The highest BCUT2D eigenvalue weighted by Crippen LogP contribution is 2.14. The monoisotopic (exact) mass is 355 g/mol. The Labute approximate surface area is 153 Å². The SMILES string of the molecule is O=C(Nc1ccc(CCc2ccccn2)cc1)N1CCOC[C@@H](CO)C1. The number of ether oxygens (including phenoxy) is 1. The molecule has 0 unspecified atom stereocenters. The van der Waals surface area contributed by atoms with E-state index in [0.29, 0.717) is 26.3 Å². The minimum absolute atomic E-state index is 0.0226. The molecule has 6 nitrogen and oxygen atoms in total. The number of benzene rings is 1. The third kappa shape index (κ3) is 5.28. The molecule has 2 aromatic rings. The molecule has 26 heavy (non-hydrogen) atoms. The van der Waals surface area contributed by atoms with Gasteiger partial charge < -0.3 is 20.1 Å². The lowest BCUT2D eigenvalue weighted by molar-refractivity contribution is 0.0958. The number of pyridine rings is 1. The largest absolute Gasteiger partial charge is 0.396 e. The van der Waals surface area contributed by atoms with E-state index in [1.807, 2.05) is 48.7 Å². The molecule has 6 heteroatoms. The van der Waals surface area contributed by atoms with Gasteiger partial charge in [0.05, 0.1) is 13.2 Å². The predicted molar refractivity (Wildman–Crippen MR) is 100 cm³/mol. The van der Waals surface area contributed by atoms with Gasteiger partial charge in [-0.25, -0.2) is 4.79 Å². The number of aliphatic hydroxyl groups excluding tert-OH is 1. The zero-order valence-electron chi connectivity index (χ0n) is 14.8. The standard InChI is InChI=1S/C20H25N3O3/c24-14-17-13-23(11-12-26-15-17)20(25)22-19-8-5-16(6-9-19)4-7-18-3-1-2-10-21-18/h1-3,5-6,8-10,17,24H,4,7,11-15H2,(H,22,25)/t17-/m1/s1. The molecule has 1 atom stereocenters. The van der Waals surface area contributed by atoms with Gasteiger partial charge in [-0.15, -0.1) is 0 Å². The summed E-state index contributed by atoms with van der Waals surface area (Å²) in [5.74, 6) is -0.0303. The summed E-state index contributed by atoms with van der Waals surface area (Å²) in [5.41, 5.74) is 3.05. The fourth-order valence-electron chi connectivity index (χ4n) is 2.95. The van der Waals surface area contributed by atoms with Gasteiger partial charge in [0.2, 0.25) is 0 Å². The van der Waals surface area contributed by atoms with Crippen LogP contribution in [0.4, 0.5) is 10.5 Å². The Morgan fingerprint density at radius 1 is 1.23 bits per heavy atom. The van der Waals surface area contributed by atoms with Crippen molar-refractivity contribution in [2.45, 2.75) is 12.8 Å². The Bertz CT molecular complexity index is 691. The highest BCUT2D eigenvalue weighted by atomic mass is 16.5. The molecule has 2 amide bonds. The quantitative estimate of drug-likeness (QED) is 0.863. The molecule has 1 aromatic carbocycles. The van der Waals surface area contributed by atoms with Crippen LogP contribution in [0.2, 0.25) is 0 Å². The molecular weight excluding hydrogens is 330 g/mol. The first kappa shape index (κ1) is 18.4. The van der Waals surface area contributed by atoms with Crippen molar-refractivity contribution in [2.75, 3.05) is 38.2 Å². The van der Waals surface area contributed by atoms with E-state index in [0.717, 1.165) is 24.2 Å². The maximum atomic E-state index is 12.4. The summed E-state index contributed by atoms with van der Waals surface area (Å²) in [6.45, 7) is 2.05. The minimum atomic E-state index is -0.157. The van der Waals surface area contributed by atoms with Crippen LogP contribution in [0, 0.1) is 5.92 Å². The summed E-state index contributed by atoms with van der Waals surface area (Å²) in [7, 11) is 0. The van der Waals surface area contributed by atoms with Crippen molar-refractivity contribution in [2.24, 2.45) is 5.92 Å². The van der Waals surface area contributed by atoms with Gasteiger partial charge >= 0.3 is 6.03 Å². The molecule has 1 aromatic heterocycles. The second kappa shape index (κ2) is 9.31. The van der Waals surface area contributed by atoms with Crippen molar-refractivity contribution in [1.29, 1.82) is 0 Å². The Morgan fingerprint density at radius 3 is 2.81 bits per heavy atom. The summed E-state index contributed by atoms with van der Waals surface area (Å²) in [4.78, 5) is 18.5. The van der Waals surface area contributed by atoms with Gasteiger partial charge in [0.1, 0.15) is 0 Å². The molecule has 0 saturated carbocycles. The van der Waals surface area contributed by atoms with E-state index in [4.69, 9.17) is 4.74 Å². The number of nitrogens with zero attached hydrogens (tertiary/aromatic N) is 2. The van der Waals surface area contributed by atoms with Crippen LogP contribution >= 0.6 is 0 Å². The van der Waals surface area contributed by atoms with Gasteiger partial charge in [0.25, 0.3) is 0 Å². The van der Waals surface area contributed by atoms with E-state index in [2.05, 4.69) is 10.3 Å². The van der Waals surface area contributed by atoms with Crippen LogP contribution in [0.5, 0.6) is 0 Å². The number of hydrogen-bond acceptors (Lipinski definition) is 4. The maximum Gasteiger partial charge on any atom is 0.321 e. The number of aromatic nitrogens is 1. The number of hydrogen-bond donors (Lipinski definition) is 2. The Balaban J connectivity index is 1.52. The van der Waals surface area contributed by atoms with E-state index in [-0.39, 0.29) is 18.6 Å². The number of anilines is 1. The molecule has 0 bridgehead atoms. The molecule has 1 aliphatic heterocycles. The van der Waals surface area contributed by atoms with Gasteiger partial charge in [0.15, 0.2) is 0 Å². The molecule has 0 aliphatic carbocycles. The summed E-state index contributed by atoms with van der Waals surface area (Å²) in [5, 5.41) is 12.2. The Hall–Kier alpha value is -2.44. The number of aryl methyl sites for hydroxylation is 2. The average Bonchev–Trinajstić information content (AvgIpc) is 2.94. The number of carbonyl (C=O) groups excluding carboxylic acids is 1. The van der Waals surface area contributed by atoms with Crippen molar-refractivity contribution in [3.05, 3.63) is 59.9 Å². The van der Waals surface area contributed by atoms with E-state index < -0.39 is 0 Å². The van der Waals surface area contributed by atoms with Crippen molar-refractivity contribution in [3.63, 3.8) is 0 Å². The third-order valence-corrected chi connectivity index (χ3v) is 4.48. The zero-order valence-corrected chi connectivity index (χ0v) is 14.8. The van der Waals surface area contributed by atoms with E-state index in [9.17, 15) is 9.90 Å². The zero-order chi connectivity index (χ0) is 18.2. The predicted octanol–water partition coefficient (Wildman–Crippen LogP) is 2.34. The molecule has 1 aliphatic rings. The van der Waals surface area contributed by atoms with Crippen molar-refractivity contribution < 1.29 is 14.6 Å². The van der Waals surface area contributed by atoms with Crippen LogP contribution in [0.25, 0.3) is 0 Å². The number of nitrogens with one attached hydrogen (secondary N) is 1. The Morgan fingerprint density at radius 2 is 2.08 bits per heavy atom. The minimum Gasteiger partial charge on any atom is -0.396 e. The van der Waals surface area contributed by atoms with Gasteiger partial charge in [0, 0.05) is 43.2 Å². The fraction of sp³-hybridized carbons (Fsp3) is 0.400.